The van der Waals surface area contributed by atoms with Crippen LogP contribution in [0.4, 0.5) is 10.1 Å². The lowest BCUT2D eigenvalue weighted by atomic mass is 9.76. The second kappa shape index (κ2) is 5.78. The number of halogens is 1. The Kier molecular flexibility index (Phi) is 3.60. The molecule has 3 nitrogen and oxygen atoms in total. The van der Waals surface area contributed by atoms with Gasteiger partial charge in [-0.1, -0.05) is 36.4 Å². The Balaban J connectivity index is 1.82. The zero-order chi connectivity index (χ0) is 16.7. The number of anilines is 1. The van der Waals surface area contributed by atoms with E-state index in [4.69, 9.17) is 4.74 Å². The molecule has 4 heteroatoms. The van der Waals surface area contributed by atoms with Crippen LogP contribution in [0.2, 0.25) is 0 Å². The van der Waals surface area contributed by atoms with Crippen LogP contribution in [0.3, 0.4) is 0 Å². The number of esters is 1. The summed E-state index contributed by atoms with van der Waals surface area (Å²) in [6.07, 6.45) is 5.36. The van der Waals surface area contributed by atoms with Crippen molar-refractivity contribution in [1.29, 1.82) is 0 Å². The molecule has 2 aromatic carbocycles. The van der Waals surface area contributed by atoms with E-state index in [0.29, 0.717) is 11.5 Å². The van der Waals surface area contributed by atoms with Crippen molar-refractivity contribution in [3.63, 3.8) is 0 Å². The number of hydrogen-bond acceptors (Lipinski definition) is 3. The van der Waals surface area contributed by atoms with Crippen molar-refractivity contribution in [1.82, 2.24) is 0 Å². The summed E-state index contributed by atoms with van der Waals surface area (Å²) < 4.78 is 18.2. The maximum absolute atomic E-state index is 13.3. The first-order valence-electron chi connectivity index (χ1n) is 8.09. The second-order valence-electron chi connectivity index (χ2n) is 6.29. The van der Waals surface area contributed by atoms with Gasteiger partial charge in [0.2, 0.25) is 0 Å². The Morgan fingerprint density at radius 1 is 1.21 bits per heavy atom. The van der Waals surface area contributed by atoms with E-state index < -0.39 is 0 Å². The molecule has 0 aromatic heterocycles. The van der Waals surface area contributed by atoms with Gasteiger partial charge in [0.1, 0.15) is 5.82 Å². The minimum Gasteiger partial charge on any atom is -0.465 e. The summed E-state index contributed by atoms with van der Waals surface area (Å²) in [7, 11) is 1.39. The Morgan fingerprint density at radius 2 is 2.00 bits per heavy atom. The van der Waals surface area contributed by atoms with Gasteiger partial charge >= 0.3 is 5.97 Å². The number of carbonyl (C=O) groups is 1. The van der Waals surface area contributed by atoms with Gasteiger partial charge in [-0.15, -0.1) is 0 Å². The van der Waals surface area contributed by atoms with E-state index in [-0.39, 0.29) is 23.7 Å². The fourth-order valence-corrected chi connectivity index (χ4v) is 3.90. The van der Waals surface area contributed by atoms with Crippen LogP contribution in [0.15, 0.2) is 54.6 Å². The Bertz CT molecular complexity index is 813. The van der Waals surface area contributed by atoms with E-state index >= 15 is 0 Å². The van der Waals surface area contributed by atoms with Crippen LogP contribution >= 0.6 is 0 Å². The van der Waals surface area contributed by atoms with E-state index in [2.05, 4.69) is 23.5 Å². The molecule has 24 heavy (non-hydrogen) atoms. The molecule has 1 aliphatic carbocycles. The Hall–Kier alpha value is -2.62. The number of para-hydroxylation sites is 1. The van der Waals surface area contributed by atoms with E-state index in [9.17, 15) is 9.18 Å². The molecular formula is C20H18FNO2. The van der Waals surface area contributed by atoms with Gasteiger partial charge in [0.05, 0.1) is 24.4 Å². The molecule has 2 aliphatic rings. The summed E-state index contributed by atoms with van der Waals surface area (Å²) in [6.45, 7) is 0. The molecule has 1 heterocycles. The van der Waals surface area contributed by atoms with Crippen molar-refractivity contribution in [2.75, 3.05) is 12.4 Å². The van der Waals surface area contributed by atoms with Crippen molar-refractivity contribution in [3.05, 3.63) is 77.1 Å². The number of methoxy groups -OCH3 is 1. The zero-order valence-electron chi connectivity index (χ0n) is 13.3. The van der Waals surface area contributed by atoms with E-state index in [1.807, 2.05) is 18.2 Å². The molecule has 0 saturated heterocycles. The highest BCUT2D eigenvalue weighted by Crippen LogP contribution is 2.50. The molecule has 1 aliphatic heterocycles. The third-order valence-corrected chi connectivity index (χ3v) is 5.03. The van der Waals surface area contributed by atoms with Crippen LogP contribution < -0.4 is 5.32 Å². The molecule has 0 unspecified atom stereocenters. The van der Waals surface area contributed by atoms with Gasteiger partial charge in [-0.2, -0.15) is 0 Å². The monoisotopic (exact) mass is 323 g/mol. The van der Waals surface area contributed by atoms with Crippen molar-refractivity contribution in [3.8, 4) is 0 Å². The quantitative estimate of drug-likeness (QED) is 0.656. The summed E-state index contributed by atoms with van der Waals surface area (Å²) in [5.74, 6) is 0.0145. The molecule has 122 valence electrons. The average Bonchev–Trinajstić information content (AvgIpc) is 3.10. The zero-order valence-corrected chi connectivity index (χ0v) is 13.3. The molecule has 2 aromatic rings. The Labute approximate surface area is 140 Å². The normalized spacial score (nSPS) is 24.0. The standard InChI is InChI=1S/C20H18FNO2/c1-24-20(23)17-7-3-6-16-14-4-2-5-15(14)18(22-19(16)17)12-8-10-13(21)11-9-12/h2-4,6-11,14-15,18,22H,5H2,1H3/t14-,15+,18+/m1/s1. The first kappa shape index (κ1) is 14.9. The molecule has 0 saturated carbocycles. The lowest BCUT2D eigenvalue weighted by Gasteiger charge is -2.38. The molecule has 0 bridgehead atoms. The van der Waals surface area contributed by atoms with Crippen molar-refractivity contribution >= 4 is 11.7 Å². The third-order valence-electron chi connectivity index (χ3n) is 5.03. The summed E-state index contributed by atoms with van der Waals surface area (Å²) in [5, 5.41) is 3.52. The molecule has 1 N–H and O–H groups in total. The third kappa shape index (κ3) is 2.30. The van der Waals surface area contributed by atoms with Crippen molar-refractivity contribution in [2.45, 2.75) is 18.4 Å². The second-order valence-corrected chi connectivity index (χ2v) is 6.29. The highest BCUT2D eigenvalue weighted by Gasteiger charge is 2.39. The smallest absolute Gasteiger partial charge is 0.339 e. The summed E-state index contributed by atoms with van der Waals surface area (Å²) in [5.41, 5.74) is 3.52. The summed E-state index contributed by atoms with van der Waals surface area (Å²) >= 11 is 0. The number of rotatable bonds is 2. The lowest BCUT2D eigenvalue weighted by molar-refractivity contribution is 0.0601. The van der Waals surface area contributed by atoms with Crippen molar-refractivity contribution < 1.29 is 13.9 Å². The molecule has 0 radical (unpaired) electrons. The fourth-order valence-electron chi connectivity index (χ4n) is 3.90. The minimum absolute atomic E-state index is 0.0314. The van der Waals surface area contributed by atoms with Crippen LogP contribution in [-0.4, -0.2) is 13.1 Å². The largest absolute Gasteiger partial charge is 0.465 e. The van der Waals surface area contributed by atoms with Crippen LogP contribution in [0.25, 0.3) is 0 Å². The van der Waals surface area contributed by atoms with Gasteiger partial charge in [0.25, 0.3) is 0 Å². The van der Waals surface area contributed by atoms with Gasteiger partial charge in [0, 0.05) is 5.92 Å². The summed E-state index contributed by atoms with van der Waals surface area (Å²) in [4.78, 5) is 12.1. The van der Waals surface area contributed by atoms with Crippen LogP contribution in [0, 0.1) is 11.7 Å². The highest BCUT2D eigenvalue weighted by molar-refractivity contribution is 5.97. The minimum atomic E-state index is -0.349. The maximum atomic E-state index is 13.3. The number of benzene rings is 2. The van der Waals surface area contributed by atoms with Gasteiger partial charge in [-0.25, -0.2) is 9.18 Å². The number of hydrogen-bond donors (Lipinski definition) is 1. The topological polar surface area (TPSA) is 38.3 Å². The first-order chi connectivity index (χ1) is 11.7. The molecule has 3 atom stereocenters. The first-order valence-corrected chi connectivity index (χ1v) is 8.09. The predicted molar refractivity (Wildman–Crippen MR) is 90.5 cm³/mol. The van der Waals surface area contributed by atoms with Gasteiger partial charge in [0.15, 0.2) is 0 Å². The predicted octanol–water partition coefficient (Wildman–Crippen LogP) is 4.44. The number of fused-ring (bicyclic) bond motifs is 3. The van der Waals surface area contributed by atoms with Crippen molar-refractivity contribution in [2.24, 2.45) is 5.92 Å². The van der Waals surface area contributed by atoms with Gasteiger partial charge in [-0.05, 0) is 41.7 Å². The molecular weight excluding hydrogens is 305 g/mol. The van der Waals surface area contributed by atoms with Crippen LogP contribution in [0.5, 0.6) is 0 Å². The number of nitrogens with one attached hydrogen (secondary N) is 1. The van der Waals surface area contributed by atoms with Gasteiger partial charge in [-0.3, -0.25) is 0 Å². The number of allylic oxidation sites excluding steroid dienone is 2. The van der Waals surface area contributed by atoms with E-state index in [1.54, 1.807) is 6.07 Å². The molecule has 0 amide bonds. The SMILES string of the molecule is COC(=O)c1cccc2c1N[C@@H](c1ccc(F)cc1)[C@H]1CC=C[C@@H]21. The highest BCUT2D eigenvalue weighted by atomic mass is 19.1. The Morgan fingerprint density at radius 3 is 2.75 bits per heavy atom. The maximum Gasteiger partial charge on any atom is 0.339 e. The lowest BCUT2D eigenvalue weighted by Crippen LogP contribution is -2.30. The molecule has 0 spiro atoms. The van der Waals surface area contributed by atoms with E-state index in [1.165, 1.54) is 19.2 Å². The summed E-state index contributed by atoms with van der Waals surface area (Å²) in [6, 6.07) is 12.4. The van der Waals surface area contributed by atoms with Crippen LogP contribution in [-0.2, 0) is 4.74 Å². The average molecular weight is 323 g/mol. The van der Waals surface area contributed by atoms with Gasteiger partial charge < -0.3 is 10.1 Å². The fraction of sp³-hybridized carbons (Fsp3) is 0.250. The molecule has 4 rings (SSSR count). The number of carbonyl (C=O) groups excluding carboxylic acids is 1. The molecule has 0 fully saturated rings. The van der Waals surface area contributed by atoms with Crippen LogP contribution in [0.1, 0.15) is 39.9 Å². The van der Waals surface area contributed by atoms with E-state index in [0.717, 1.165) is 23.2 Å². The number of ether oxygens (including phenoxy) is 1.